The lowest BCUT2D eigenvalue weighted by Gasteiger charge is -2.31. The van der Waals surface area contributed by atoms with E-state index < -0.39 is 22.0 Å². The highest BCUT2D eigenvalue weighted by Crippen LogP contribution is 2.29. The van der Waals surface area contributed by atoms with Gasteiger partial charge in [-0.15, -0.1) is 10.2 Å². The Labute approximate surface area is 162 Å². The molecule has 1 aromatic heterocycles. The van der Waals surface area contributed by atoms with Crippen molar-refractivity contribution < 1.29 is 13.2 Å². The van der Waals surface area contributed by atoms with Crippen molar-refractivity contribution in [1.29, 1.82) is 0 Å². The molecule has 0 saturated heterocycles. The first-order chi connectivity index (χ1) is 12.2. The maximum Gasteiger partial charge on any atom is 0.250 e. The van der Waals surface area contributed by atoms with Crippen LogP contribution in [-0.2, 0) is 14.8 Å². The molecule has 1 aromatic carbocycles. The van der Waals surface area contributed by atoms with E-state index in [0.29, 0.717) is 17.2 Å². The molecule has 0 fully saturated rings. The largest absolute Gasteiger partial charge is 0.299 e. The molecular weight excluding hydrogens is 392 g/mol. The van der Waals surface area contributed by atoms with Crippen LogP contribution in [0, 0.1) is 13.8 Å². The van der Waals surface area contributed by atoms with Crippen molar-refractivity contribution >= 4 is 49.8 Å². The Morgan fingerprint density at radius 2 is 2.04 bits per heavy atom. The number of aromatic nitrogens is 2. The Morgan fingerprint density at radius 1 is 1.35 bits per heavy atom. The zero-order chi connectivity index (χ0) is 19.5. The summed E-state index contributed by atoms with van der Waals surface area (Å²) in [5.41, 5.74) is 2.22. The van der Waals surface area contributed by atoms with Crippen molar-refractivity contribution in [3.05, 3.63) is 29.3 Å². The van der Waals surface area contributed by atoms with Gasteiger partial charge in [-0.1, -0.05) is 42.2 Å². The Kier molecular flexibility index (Phi) is 6.64. The van der Waals surface area contributed by atoms with Gasteiger partial charge in [0.25, 0.3) is 0 Å². The predicted octanol–water partition coefficient (Wildman–Crippen LogP) is 3.06. The summed E-state index contributed by atoms with van der Waals surface area (Å²) in [5.74, 6) is -0.428. The number of amides is 1. The molecule has 0 saturated carbocycles. The van der Waals surface area contributed by atoms with Gasteiger partial charge in [-0.05, 0) is 43.7 Å². The third-order valence-corrected chi connectivity index (χ3v) is 6.72. The summed E-state index contributed by atoms with van der Waals surface area (Å²) in [5, 5.41) is 10.9. The molecule has 0 radical (unpaired) electrons. The van der Waals surface area contributed by atoms with E-state index in [1.165, 1.54) is 27.4 Å². The fourth-order valence-electron chi connectivity index (χ4n) is 2.52. The number of sulfonamides is 1. The molecule has 0 unspecified atom stereocenters. The molecule has 142 valence electrons. The van der Waals surface area contributed by atoms with E-state index in [1.54, 1.807) is 13.0 Å². The molecule has 0 aliphatic rings. The lowest BCUT2D eigenvalue weighted by atomic mass is 10.1. The Morgan fingerprint density at radius 3 is 2.58 bits per heavy atom. The normalized spacial score (nSPS) is 12.7. The average Bonchev–Trinajstić information content (AvgIpc) is 3.01. The quantitative estimate of drug-likeness (QED) is 0.553. The molecule has 0 aliphatic carbocycles. The minimum Gasteiger partial charge on any atom is -0.299 e. The van der Waals surface area contributed by atoms with Crippen LogP contribution in [0.5, 0.6) is 0 Å². The van der Waals surface area contributed by atoms with E-state index in [-0.39, 0.29) is 0 Å². The summed E-state index contributed by atoms with van der Waals surface area (Å²) in [6.45, 7) is 5.49. The van der Waals surface area contributed by atoms with E-state index >= 15 is 0 Å². The van der Waals surface area contributed by atoms with Crippen LogP contribution < -0.4 is 9.62 Å². The minimum atomic E-state index is -3.67. The lowest BCUT2D eigenvalue weighted by Crippen LogP contribution is -2.47. The number of thioether (sulfide) groups is 1. The summed E-state index contributed by atoms with van der Waals surface area (Å²) in [4.78, 5) is 12.8. The summed E-state index contributed by atoms with van der Waals surface area (Å²) in [6, 6.07) is 4.66. The zero-order valence-corrected chi connectivity index (χ0v) is 17.8. The highest BCUT2D eigenvalue weighted by molar-refractivity contribution is 8.00. The van der Waals surface area contributed by atoms with Crippen molar-refractivity contribution in [3.63, 3.8) is 0 Å². The van der Waals surface area contributed by atoms with Gasteiger partial charge in [0.05, 0.1) is 11.9 Å². The van der Waals surface area contributed by atoms with Gasteiger partial charge in [-0.2, -0.15) is 0 Å². The fraction of sp³-hybridized carbons (Fsp3) is 0.438. The van der Waals surface area contributed by atoms with Crippen LogP contribution in [0.2, 0.25) is 0 Å². The van der Waals surface area contributed by atoms with Gasteiger partial charge in [0.1, 0.15) is 6.04 Å². The van der Waals surface area contributed by atoms with Gasteiger partial charge in [0.2, 0.25) is 21.1 Å². The third kappa shape index (κ3) is 4.74. The number of benzene rings is 1. The van der Waals surface area contributed by atoms with Crippen LogP contribution in [-0.4, -0.2) is 43.1 Å². The summed E-state index contributed by atoms with van der Waals surface area (Å²) in [6.07, 6.45) is 3.30. The molecule has 1 heterocycles. The molecule has 1 atom stereocenters. The highest BCUT2D eigenvalue weighted by atomic mass is 32.2. The molecule has 1 amide bonds. The molecule has 1 N–H and O–H groups in total. The van der Waals surface area contributed by atoms with Crippen LogP contribution in [0.3, 0.4) is 0 Å². The fourth-order valence-corrected chi connectivity index (χ4v) is 4.96. The molecule has 2 aromatic rings. The molecule has 2 rings (SSSR count). The van der Waals surface area contributed by atoms with Crippen molar-refractivity contribution in [2.45, 2.75) is 37.6 Å². The molecule has 0 bridgehead atoms. The van der Waals surface area contributed by atoms with Gasteiger partial charge in [-0.25, -0.2) is 8.42 Å². The van der Waals surface area contributed by atoms with E-state index in [2.05, 4.69) is 15.5 Å². The molecule has 7 nitrogen and oxygen atoms in total. The number of nitrogens with zero attached hydrogens (tertiary/aromatic N) is 3. The SMILES string of the molecule is CC[C@@H](C(=O)Nc1nnc(SC)s1)N(c1cc(C)ccc1C)S(C)(=O)=O. The second-order valence-electron chi connectivity index (χ2n) is 5.84. The average molecular weight is 415 g/mol. The number of carbonyl (C=O) groups excluding carboxylic acids is 1. The van der Waals surface area contributed by atoms with E-state index in [9.17, 15) is 13.2 Å². The van der Waals surface area contributed by atoms with Crippen molar-refractivity contribution in [3.8, 4) is 0 Å². The molecule has 26 heavy (non-hydrogen) atoms. The number of carbonyl (C=O) groups is 1. The smallest absolute Gasteiger partial charge is 0.250 e. The summed E-state index contributed by atoms with van der Waals surface area (Å²) in [7, 11) is -3.67. The first-order valence-corrected chi connectivity index (χ1v) is 11.8. The zero-order valence-electron chi connectivity index (χ0n) is 15.3. The van der Waals surface area contributed by atoms with Gasteiger partial charge >= 0.3 is 0 Å². The van der Waals surface area contributed by atoms with Gasteiger partial charge in [0.15, 0.2) is 4.34 Å². The number of hydrogen-bond acceptors (Lipinski definition) is 7. The molecule has 0 spiro atoms. The Hall–Kier alpha value is -1.65. The topological polar surface area (TPSA) is 92.3 Å². The summed E-state index contributed by atoms with van der Waals surface area (Å²) >= 11 is 2.68. The van der Waals surface area contributed by atoms with Gasteiger partial charge in [0, 0.05) is 0 Å². The number of aryl methyl sites for hydroxylation is 2. The highest BCUT2D eigenvalue weighted by Gasteiger charge is 2.33. The van der Waals surface area contributed by atoms with Crippen LogP contribution >= 0.6 is 23.1 Å². The Bertz CT molecular complexity index is 896. The van der Waals surface area contributed by atoms with Crippen molar-refractivity contribution in [2.75, 3.05) is 22.1 Å². The van der Waals surface area contributed by atoms with Crippen LogP contribution in [0.1, 0.15) is 24.5 Å². The monoisotopic (exact) mass is 414 g/mol. The number of anilines is 2. The van der Waals surface area contributed by atoms with Crippen molar-refractivity contribution in [1.82, 2.24) is 10.2 Å². The number of nitrogens with one attached hydrogen (secondary N) is 1. The number of rotatable bonds is 7. The Balaban J connectivity index is 2.41. The van der Waals surface area contributed by atoms with Crippen molar-refractivity contribution in [2.24, 2.45) is 0 Å². The lowest BCUT2D eigenvalue weighted by molar-refractivity contribution is -0.117. The second-order valence-corrected chi connectivity index (χ2v) is 9.73. The first-order valence-electron chi connectivity index (χ1n) is 7.92. The third-order valence-electron chi connectivity index (χ3n) is 3.74. The predicted molar refractivity (Wildman–Crippen MR) is 108 cm³/mol. The number of hydrogen-bond donors (Lipinski definition) is 1. The molecule has 0 aliphatic heterocycles. The van der Waals surface area contributed by atoms with Crippen LogP contribution in [0.4, 0.5) is 10.8 Å². The second kappa shape index (κ2) is 8.36. The maximum absolute atomic E-state index is 12.8. The standard InChI is InChI=1S/C16H22N4O3S3/c1-6-12(14(21)17-15-18-19-16(24-4)25-15)20(26(5,22)23)13-9-10(2)7-8-11(13)3/h7-9,12H,6H2,1-5H3,(H,17,18,21)/t12-/m0/s1. The summed E-state index contributed by atoms with van der Waals surface area (Å²) < 4.78 is 27.0. The van der Waals surface area contributed by atoms with E-state index in [4.69, 9.17) is 0 Å². The minimum absolute atomic E-state index is 0.320. The van der Waals surface area contributed by atoms with Crippen LogP contribution in [0.15, 0.2) is 22.5 Å². The van der Waals surface area contributed by atoms with E-state index in [0.717, 1.165) is 21.7 Å². The van der Waals surface area contributed by atoms with Gasteiger partial charge in [-0.3, -0.25) is 14.4 Å². The molecule has 10 heteroatoms. The first kappa shape index (κ1) is 20.7. The van der Waals surface area contributed by atoms with Crippen LogP contribution in [0.25, 0.3) is 0 Å². The van der Waals surface area contributed by atoms with Gasteiger partial charge < -0.3 is 0 Å². The van der Waals surface area contributed by atoms with E-state index in [1.807, 2.05) is 32.2 Å². The molecular formula is C16H22N4O3S3. The maximum atomic E-state index is 12.8.